The zero-order chi connectivity index (χ0) is 8.97. The number of carbonyl (C=O) groups is 1. The summed E-state index contributed by atoms with van der Waals surface area (Å²) in [4.78, 5) is 11.2. The lowest BCUT2D eigenvalue weighted by Crippen LogP contribution is -2.54. The molecule has 1 aliphatic rings. The lowest BCUT2D eigenvalue weighted by atomic mass is 10.2. The van der Waals surface area contributed by atoms with Gasteiger partial charge in [0.15, 0.2) is 0 Å². The first-order valence-corrected chi connectivity index (χ1v) is 4.35. The van der Waals surface area contributed by atoms with Crippen molar-refractivity contribution in [3.8, 4) is 0 Å². The molecule has 12 heavy (non-hydrogen) atoms. The third-order valence-corrected chi connectivity index (χ3v) is 1.87. The Morgan fingerprint density at radius 2 is 2.33 bits per heavy atom. The lowest BCUT2D eigenvalue weighted by Gasteiger charge is -2.29. The summed E-state index contributed by atoms with van der Waals surface area (Å²) >= 11 is 0. The summed E-state index contributed by atoms with van der Waals surface area (Å²) in [7, 11) is 0. The quantitative estimate of drug-likeness (QED) is 0.601. The van der Waals surface area contributed by atoms with Gasteiger partial charge in [-0.1, -0.05) is 0 Å². The highest BCUT2D eigenvalue weighted by Crippen LogP contribution is 2.00. The van der Waals surface area contributed by atoms with Gasteiger partial charge in [0.25, 0.3) is 0 Å². The summed E-state index contributed by atoms with van der Waals surface area (Å²) in [5, 5.41) is 5.92. The molecule has 1 rings (SSSR count). The van der Waals surface area contributed by atoms with Crippen molar-refractivity contribution in [1.29, 1.82) is 0 Å². The van der Waals surface area contributed by atoms with Crippen LogP contribution in [0.1, 0.15) is 13.8 Å². The molecule has 4 heteroatoms. The summed E-state index contributed by atoms with van der Waals surface area (Å²) in [5.74, 6) is 0.0596. The van der Waals surface area contributed by atoms with Crippen molar-refractivity contribution in [1.82, 2.24) is 10.6 Å². The zero-order valence-corrected chi connectivity index (χ0v) is 7.59. The van der Waals surface area contributed by atoms with Gasteiger partial charge in [-0.05, 0) is 13.8 Å². The van der Waals surface area contributed by atoms with E-state index in [1.807, 2.05) is 13.8 Å². The van der Waals surface area contributed by atoms with Crippen LogP contribution >= 0.6 is 0 Å². The maximum Gasteiger partial charge on any atom is 0.236 e. The minimum absolute atomic E-state index is 0.0596. The Balaban J connectivity index is 2.16. The third-order valence-electron chi connectivity index (χ3n) is 1.87. The highest BCUT2D eigenvalue weighted by molar-refractivity contribution is 5.81. The van der Waals surface area contributed by atoms with Crippen LogP contribution in [0.4, 0.5) is 0 Å². The summed E-state index contributed by atoms with van der Waals surface area (Å²) in [6.07, 6.45) is 0. The van der Waals surface area contributed by atoms with Crippen LogP contribution in [0.3, 0.4) is 0 Å². The molecular formula is C8H16N2O2. The molecule has 70 valence electrons. The number of ether oxygens (including phenoxy) is 1. The number of hydrogen-bond donors (Lipinski definition) is 2. The van der Waals surface area contributed by atoms with Gasteiger partial charge in [-0.25, -0.2) is 0 Å². The Bertz CT molecular complexity index is 157. The van der Waals surface area contributed by atoms with E-state index in [0.29, 0.717) is 12.6 Å². The standard InChI is InChI=1S/C8H16N2O2/c1-3-9-8(11)6(2)10-7-4-12-5-7/h6-7,10H,3-5H2,1-2H3,(H,9,11). The molecule has 0 aliphatic carbocycles. The second kappa shape index (κ2) is 4.42. The normalized spacial score (nSPS) is 19.8. The molecule has 1 unspecified atom stereocenters. The Morgan fingerprint density at radius 3 is 2.75 bits per heavy atom. The van der Waals surface area contributed by atoms with Gasteiger partial charge in [0.05, 0.1) is 25.3 Å². The van der Waals surface area contributed by atoms with E-state index >= 15 is 0 Å². The van der Waals surface area contributed by atoms with Crippen molar-refractivity contribution in [3.05, 3.63) is 0 Å². The van der Waals surface area contributed by atoms with Crippen LogP contribution in [0.15, 0.2) is 0 Å². The number of likely N-dealkylation sites (N-methyl/N-ethyl adjacent to an activating group) is 1. The Labute approximate surface area is 72.7 Å². The van der Waals surface area contributed by atoms with E-state index in [4.69, 9.17) is 4.74 Å². The number of rotatable bonds is 4. The molecule has 1 heterocycles. The number of nitrogens with one attached hydrogen (secondary N) is 2. The zero-order valence-electron chi connectivity index (χ0n) is 7.59. The molecule has 4 nitrogen and oxygen atoms in total. The van der Waals surface area contributed by atoms with Gasteiger partial charge in [-0.15, -0.1) is 0 Å². The second-order valence-electron chi connectivity index (χ2n) is 3.02. The van der Waals surface area contributed by atoms with E-state index in [1.165, 1.54) is 0 Å². The van der Waals surface area contributed by atoms with E-state index in [9.17, 15) is 4.79 Å². The minimum atomic E-state index is -0.112. The first-order valence-electron chi connectivity index (χ1n) is 4.35. The van der Waals surface area contributed by atoms with Crippen molar-refractivity contribution in [2.45, 2.75) is 25.9 Å². The third kappa shape index (κ3) is 2.46. The summed E-state index contributed by atoms with van der Waals surface area (Å²) in [5.41, 5.74) is 0. The molecule has 0 aromatic heterocycles. The second-order valence-corrected chi connectivity index (χ2v) is 3.02. The summed E-state index contributed by atoms with van der Waals surface area (Å²) < 4.78 is 4.98. The lowest BCUT2D eigenvalue weighted by molar-refractivity contribution is -0.123. The van der Waals surface area contributed by atoms with Crippen LogP contribution in [0, 0.1) is 0 Å². The molecule has 1 atom stereocenters. The predicted octanol–water partition coefficient (Wildman–Crippen LogP) is -0.501. The van der Waals surface area contributed by atoms with E-state index in [1.54, 1.807) is 0 Å². The molecule has 1 fully saturated rings. The van der Waals surface area contributed by atoms with E-state index < -0.39 is 0 Å². The van der Waals surface area contributed by atoms with Gasteiger partial charge >= 0.3 is 0 Å². The van der Waals surface area contributed by atoms with Crippen LogP contribution in [-0.4, -0.2) is 37.7 Å². The van der Waals surface area contributed by atoms with Crippen molar-refractivity contribution >= 4 is 5.91 Å². The van der Waals surface area contributed by atoms with Crippen LogP contribution in [-0.2, 0) is 9.53 Å². The molecule has 2 N–H and O–H groups in total. The highest BCUT2D eigenvalue weighted by Gasteiger charge is 2.22. The molecule has 0 bridgehead atoms. The molecule has 0 radical (unpaired) electrons. The maximum atomic E-state index is 11.2. The largest absolute Gasteiger partial charge is 0.378 e. The van der Waals surface area contributed by atoms with Gasteiger partial charge in [0.1, 0.15) is 0 Å². The Morgan fingerprint density at radius 1 is 1.67 bits per heavy atom. The topological polar surface area (TPSA) is 50.4 Å². The van der Waals surface area contributed by atoms with E-state index in [2.05, 4.69) is 10.6 Å². The van der Waals surface area contributed by atoms with Crippen LogP contribution < -0.4 is 10.6 Å². The van der Waals surface area contributed by atoms with Gasteiger partial charge < -0.3 is 10.1 Å². The van der Waals surface area contributed by atoms with Crippen molar-refractivity contribution in [2.24, 2.45) is 0 Å². The predicted molar refractivity (Wildman–Crippen MR) is 45.9 cm³/mol. The number of carbonyl (C=O) groups excluding carboxylic acids is 1. The number of amides is 1. The van der Waals surface area contributed by atoms with Crippen molar-refractivity contribution in [2.75, 3.05) is 19.8 Å². The molecule has 1 aliphatic heterocycles. The fourth-order valence-electron chi connectivity index (χ4n) is 1.09. The maximum absolute atomic E-state index is 11.2. The molecule has 1 saturated heterocycles. The van der Waals surface area contributed by atoms with Crippen molar-refractivity contribution in [3.63, 3.8) is 0 Å². The average molecular weight is 172 g/mol. The van der Waals surface area contributed by atoms with E-state index in [0.717, 1.165) is 13.2 Å². The van der Waals surface area contributed by atoms with Gasteiger partial charge in [0, 0.05) is 6.54 Å². The number of hydrogen-bond acceptors (Lipinski definition) is 3. The molecule has 0 aromatic rings. The SMILES string of the molecule is CCNC(=O)C(C)NC1COC1. The first kappa shape index (κ1) is 9.48. The minimum Gasteiger partial charge on any atom is -0.378 e. The monoisotopic (exact) mass is 172 g/mol. The fourth-order valence-corrected chi connectivity index (χ4v) is 1.09. The Kier molecular flexibility index (Phi) is 3.49. The van der Waals surface area contributed by atoms with Crippen LogP contribution in [0.25, 0.3) is 0 Å². The molecule has 1 amide bonds. The average Bonchev–Trinajstić information content (AvgIpc) is 1.97. The molecule has 0 aromatic carbocycles. The summed E-state index contributed by atoms with van der Waals surface area (Å²) in [6.45, 7) is 5.92. The highest BCUT2D eigenvalue weighted by atomic mass is 16.5. The van der Waals surface area contributed by atoms with E-state index in [-0.39, 0.29) is 11.9 Å². The fraction of sp³-hybridized carbons (Fsp3) is 0.875. The van der Waals surface area contributed by atoms with Crippen molar-refractivity contribution < 1.29 is 9.53 Å². The van der Waals surface area contributed by atoms with Gasteiger partial charge in [-0.3, -0.25) is 10.1 Å². The summed E-state index contributed by atoms with van der Waals surface area (Å²) in [6, 6.07) is 0.251. The molecule has 0 spiro atoms. The molecular weight excluding hydrogens is 156 g/mol. The molecule has 0 saturated carbocycles. The van der Waals surface area contributed by atoms with Gasteiger partial charge in [-0.2, -0.15) is 0 Å². The first-order chi connectivity index (χ1) is 5.74. The smallest absolute Gasteiger partial charge is 0.236 e. The van der Waals surface area contributed by atoms with Crippen LogP contribution in [0.2, 0.25) is 0 Å². The van der Waals surface area contributed by atoms with Crippen LogP contribution in [0.5, 0.6) is 0 Å². The Hall–Kier alpha value is -0.610. The van der Waals surface area contributed by atoms with Gasteiger partial charge in [0.2, 0.25) is 5.91 Å².